The molecule has 2 atom stereocenters. The van der Waals surface area contributed by atoms with Gasteiger partial charge in [-0.3, -0.25) is 4.79 Å². The second kappa shape index (κ2) is 4.88. The second-order valence-electron chi connectivity index (χ2n) is 6.67. The van der Waals surface area contributed by atoms with Crippen LogP contribution in [0.15, 0.2) is 30.3 Å². The van der Waals surface area contributed by atoms with Gasteiger partial charge < -0.3 is 9.80 Å². The van der Waals surface area contributed by atoms with Crippen LogP contribution in [0, 0.1) is 5.92 Å². The molecular weight excluding hydrogens is 248 g/mol. The van der Waals surface area contributed by atoms with E-state index in [-0.39, 0.29) is 5.41 Å². The van der Waals surface area contributed by atoms with Gasteiger partial charge in [-0.05, 0) is 38.4 Å². The Morgan fingerprint density at radius 3 is 2.35 bits per heavy atom. The van der Waals surface area contributed by atoms with Crippen molar-refractivity contribution in [3.63, 3.8) is 0 Å². The van der Waals surface area contributed by atoms with Crippen molar-refractivity contribution < 1.29 is 4.79 Å². The normalized spacial score (nSPS) is 27.9. The lowest BCUT2D eigenvalue weighted by molar-refractivity contribution is -0.133. The molecule has 0 aromatic heterocycles. The van der Waals surface area contributed by atoms with E-state index in [1.165, 1.54) is 5.56 Å². The molecule has 1 aliphatic heterocycles. The summed E-state index contributed by atoms with van der Waals surface area (Å²) in [4.78, 5) is 17.3. The third-order valence-electron chi connectivity index (χ3n) is 5.01. The zero-order valence-corrected chi connectivity index (χ0v) is 12.7. The van der Waals surface area contributed by atoms with Crippen molar-refractivity contribution in [1.29, 1.82) is 0 Å². The Kier molecular flexibility index (Phi) is 3.33. The number of hydrogen-bond acceptors (Lipinski definition) is 2. The Labute approximate surface area is 121 Å². The molecule has 3 heteroatoms. The summed E-state index contributed by atoms with van der Waals surface area (Å²) in [6, 6.07) is 10.8. The number of nitrogens with zero attached hydrogens (tertiary/aromatic N) is 2. The lowest BCUT2D eigenvalue weighted by atomic mass is 9.94. The predicted octanol–water partition coefficient (Wildman–Crippen LogP) is 2.13. The first-order valence-corrected chi connectivity index (χ1v) is 7.56. The first-order chi connectivity index (χ1) is 9.54. The van der Waals surface area contributed by atoms with E-state index < -0.39 is 0 Å². The largest absolute Gasteiger partial charge is 0.340 e. The molecule has 108 valence electrons. The highest BCUT2D eigenvalue weighted by atomic mass is 16.2. The molecule has 3 rings (SSSR count). The molecule has 3 nitrogen and oxygen atoms in total. The third-order valence-corrected chi connectivity index (χ3v) is 5.01. The Morgan fingerprint density at radius 2 is 1.85 bits per heavy atom. The number of amides is 1. The maximum atomic E-state index is 13.0. The van der Waals surface area contributed by atoms with Crippen molar-refractivity contribution in [3.05, 3.63) is 35.9 Å². The summed E-state index contributed by atoms with van der Waals surface area (Å²) in [5.74, 6) is 0.903. The summed E-state index contributed by atoms with van der Waals surface area (Å²) < 4.78 is 0. The predicted molar refractivity (Wildman–Crippen MR) is 80.6 cm³/mol. The van der Waals surface area contributed by atoms with Gasteiger partial charge in [-0.15, -0.1) is 0 Å². The summed E-state index contributed by atoms with van der Waals surface area (Å²) in [5, 5.41) is 0. The van der Waals surface area contributed by atoms with Crippen LogP contribution < -0.4 is 0 Å². The first kappa shape index (κ1) is 13.6. The Morgan fingerprint density at radius 1 is 1.20 bits per heavy atom. The molecule has 1 aromatic carbocycles. The zero-order chi connectivity index (χ0) is 14.3. The lowest BCUT2D eigenvalue weighted by Crippen LogP contribution is -2.40. The van der Waals surface area contributed by atoms with Crippen LogP contribution in [0.4, 0.5) is 0 Å². The van der Waals surface area contributed by atoms with Gasteiger partial charge in [0.25, 0.3) is 0 Å². The van der Waals surface area contributed by atoms with Crippen LogP contribution in [0.25, 0.3) is 0 Å². The van der Waals surface area contributed by atoms with Crippen molar-refractivity contribution in [2.75, 3.05) is 27.2 Å². The van der Waals surface area contributed by atoms with E-state index in [0.29, 0.717) is 17.9 Å². The van der Waals surface area contributed by atoms with Crippen LogP contribution >= 0.6 is 0 Å². The quantitative estimate of drug-likeness (QED) is 0.841. The summed E-state index contributed by atoms with van der Waals surface area (Å²) in [7, 11) is 4.22. The van der Waals surface area contributed by atoms with E-state index in [4.69, 9.17) is 0 Å². The first-order valence-electron chi connectivity index (χ1n) is 7.56. The molecule has 1 aromatic rings. The second-order valence-corrected chi connectivity index (χ2v) is 6.67. The van der Waals surface area contributed by atoms with Gasteiger partial charge in [0.05, 0.1) is 5.41 Å². The fourth-order valence-electron chi connectivity index (χ4n) is 3.60. The minimum absolute atomic E-state index is 0.206. The molecule has 0 bridgehead atoms. The summed E-state index contributed by atoms with van der Waals surface area (Å²) in [5.41, 5.74) is 0.994. The molecule has 20 heavy (non-hydrogen) atoms. The Hall–Kier alpha value is -1.35. The lowest BCUT2D eigenvalue weighted by Gasteiger charge is -2.25. The van der Waals surface area contributed by atoms with E-state index in [1.807, 2.05) is 18.2 Å². The van der Waals surface area contributed by atoms with Crippen molar-refractivity contribution in [2.24, 2.45) is 5.92 Å². The molecule has 1 aliphatic carbocycles. The van der Waals surface area contributed by atoms with Gasteiger partial charge in [0, 0.05) is 19.1 Å². The van der Waals surface area contributed by atoms with Gasteiger partial charge in [-0.1, -0.05) is 37.3 Å². The van der Waals surface area contributed by atoms with Gasteiger partial charge in [-0.2, -0.15) is 0 Å². The number of carbonyl (C=O) groups is 1. The average molecular weight is 272 g/mol. The molecule has 0 N–H and O–H groups in total. The van der Waals surface area contributed by atoms with Crippen LogP contribution in [0.5, 0.6) is 0 Å². The van der Waals surface area contributed by atoms with Crippen molar-refractivity contribution in [1.82, 2.24) is 9.80 Å². The molecule has 1 amide bonds. The van der Waals surface area contributed by atoms with Crippen LogP contribution in [0.1, 0.15) is 25.3 Å². The highest BCUT2D eigenvalue weighted by Gasteiger charge is 2.54. The molecule has 1 heterocycles. The fourth-order valence-corrected chi connectivity index (χ4v) is 3.60. The molecule has 2 fully saturated rings. The van der Waals surface area contributed by atoms with Crippen LogP contribution in [-0.2, 0) is 10.2 Å². The van der Waals surface area contributed by atoms with E-state index >= 15 is 0 Å². The summed E-state index contributed by atoms with van der Waals surface area (Å²) in [6.07, 6.45) is 2.01. The van der Waals surface area contributed by atoms with Gasteiger partial charge in [0.2, 0.25) is 5.91 Å². The smallest absolute Gasteiger partial charge is 0.233 e. The number of likely N-dealkylation sites (N-methyl/N-ethyl adjacent to an activating group) is 1. The van der Waals surface area contributed by atoms with Crippen LogP contribution in [0.2, 0.25) is 0 Å². The van der Waals surface area contributed by atoms with E-state index in [9.17, 15) is 4.79 Å². The van der Waals surface area contributed by atoms with Gasteiger partial charge in [0.15, 0.2) is 0 Å². The van der Waals surface area contributed by atoms with Gasteiger partial charge in [-0.25, -0.2) is 0 Å². The molecule has 2 aliphatic rings. The molecule has 0 radical (unpaired) electrons. The summed E-state index contributed by atoms with van der Waals surface area (Å²) >= 11 is 0. The van der Waals surface area contributed by atoms with Crippen molar-refractivity contribution in [3.8, 4) is 0 Å². The fraction of sp³-hybridized carbons (Fsp3) is 0.588. The number of carbonyl (C=O) groups excluding carboxylic acids is 1. The third kappa shape index (κ3) is 2.14. The van der Waals surface area contributed by atoms with Gasteiger partial charge in [0.1, 0.15) is 0 Å². The standard InChI is InChI=1S/C17H24N2O/c1-13-11-19(12-15(13)18(2)3)16(20)17(9-10-17)14-7-5-4-6-8-14/h4-8,13,15H,9-12H2,1-3H3. The minimum atomic E-state index is -0.206. The highest BCUT2D eigenvalue weighted by molar-refractivity contribution is 5.91. The highest BCUT2D eigenvalue weighted by Crippen LogP contribution is 2.50. The number of hydrogen-bond donors (Lipinski definition) is 0. The SMILES string of the molecule is CC1CN(C(=O)C2(c3ccccc3)CC2)CC1N(C)C. The van der Waals surface area contributed by atoms with Gasteiger partial charge >= 0.3 is 0 Å². The van der Waals surface area contributed by atoms with E-state index in [2.05, 4.69) is 43.0 Å². The molecule has 2 unspecified atom stereocenters. The van der Waals surface area contributed by atoms with Crippen LogP contribution in [0.3, 0.4) is 0 Å². The maximum absolute atomic E-state index is 13.0. The minimum Gasteiger partial charge on any atom is -0.340 e. The van der Waals surface area contributed by atoms with Crippen LogP contribution in [-0.4, -0.2) is 48.9 Å². The van der Waals surface area contributed by atoms with E-state index in [0.717, 1.165) is 25.9 Å². The number of benzene rings is 1. The summed E-state index contributed by atoms with van der Waals surface area (Å²) in [6.45, 7) is 4.03. The average Bonchev–Trinajstić information content (AvgIpc) is 3.16. The Balaban J connectivity index is 1.78. The molecule has 1 saturated carbocycles. The van der Waals surface area contributed by atoms with Crippen molar-refractivity contribution in [2.45, 2.75) is 31.2 Å². The maximum Gasteiger partial charge on any atom is 0.233 e. The molecule has 1 saturated heterocycles. The topological polar surface area (TPSA) is 23.6 Å². The van der Waals surface area contributed by atoms with E-state index in [1.54, 1.807) is 0 Å². The number of rotatable bonds is 3. The van der Waals surface area contributed by atoms with Crippen molar-refractivity contribution >= 4 is 5.91 Å². The zero-order valence-electron chi connectivity index (χ0n) is 12.7. The Bertz CT molecular complexity index is 493. The number of likely N-dealkylation sites (tertiary alicyclic amines) is 1. The molecular formula is C17H24N2O. The monoisotopic (exact) mass is 272 g/mol. The molecule has 0 spiro atoms.